The van der Waals surface area contributed by atoms with Gasteiger partial charge < -0.3 is 4.74 Å². The fraction of sp³-hybridized carbons (Fsp3) is 0.222. The van der Waals surface area contributed by atoms with E-state index in [1.807, 2.05) is 18.2 Å². The number of nitrogens with one attached hydrogen (secondary N) is 1. The Kier molecular flexibility index (Phi) is 4.24. The molecule has 0 atom stereocenters. The minimum Gasteiger partial charge on any atom is -0.444 e. The van der Waals surface area contributed by atoms with Gasteiger partial charge in [-0.1, -0.05) is 12.1 Å². The molecule has 1 heterocycles. The van der Waals surface area contributed by atoms with E-state index >= 15 is 0 Å². The Balaban J connectivity index is 1.82. The fourth-order valence-electron chi connectivity index (χ4n) is 2.25. The predicted octanol–water partition coefficient (Wildman–Crippen LogP) is 5.45. The van der Waals surface area contributed by atoms with Crippen molar-refractivity contribution in [2.45, 2.75) is 26.4 Å². The molecule has 0 fully saturated rings. The molecule has 3 aromatic rings. The Bertz CT molecular complexity index is 899. The van der Waals surface area contributed by atoms with Crippen LogP contribution in [-0.4, -0.2) is 16.7 Å². The van der Waals surface area contributed by atoms with Crippen LogP contribution >= 0.6 is 11.3 Å². The van der Waals surface area contributed by atoms with Gasteiger partial charge in [0.2, 0.25) is 0 Å². The van der Waals surface area contributed by atoms with Crippen molar-refractivity contribution in [1.82, 2.24) is 4.98 Å². The lowest BCUT2D eigenvalue weighted by atomic mass is 10.0. The number of anilines is 1. The number of amides is 1. The van der Waals surface area contributed by atoms with Crippen LogP contribution < -0.4 is 5.32 Å². The summed E-state index contributed by atoms with van der Waals surface area (Å²) in [5.41, 5.74) is 3.71. The van der Waals surface area contributed by atoms with Crippen LogP contribution in [0.1, 0.15) is 20.8 Å². The first kappa shape index (κ1) is 16.4. The average Bonchev–Trinajstić information content (AvgIpc) is 2.94. The lowest BCUT2D eigenvalue weighted by Crippen LogP contribution is -2.27. The Morgan fingerprint density at radius 1 is 1.17 bits per heavy atom. The second-order valence-electron chi connectivity index (χ2n) is 6.36. The van der Waals surface area contributed by atoms with Gasteiger partial charge in [0.15, 0.2) is 0 Å². The minimum atomic E-state index is -0.682. The van der Waals surface area contributed by atoms with Gasteiger partial charge in [-0.25, -0.2) is 14.2 Å². The number of halogens is 1. The number of hydrogen-bond donors (Lipinski definition) is 1. The molecule has 4 nitrogen and oxygen atoms in total. The zero-order chi connectivity index (χ0) is 17.3. The highest BCUT2D eigenvalue weighted by Crippen LogP contribution is 2.28. The number of nitrogens with zero attached hydrogens (tertiary/aromatic N) is 1. The highest BCUT2D eigenvalue weighted by atomic mass is 32.1. The van der Waals surface area contributed by atoms with Crippen molar-refractivity contribution in [2.75, 3.05) is 5.32 Å². The smallest absolute Gasteiger partial charge is 0.412 e. The van der Waals surface area contributed by atoms with E-state index in [-0.39, 0.29) is 5.69 Å². The largest absolute Gasteiger partial charge is 0.444 e. The number of carbonyl (C=O) groups excluding carboxylic acids is 1. The van der Waals surface area contributed by atoms with Gasteiger partial charge >= 0.3 is 6.09 Å². The molecule has 0 bridgehead atoms. The molecule has 0 spiro atoms. The number of carbonyl (C=O) groups is 1. The van der Waals surface area contributed by atoms with Gasteiger partial charge in [-0.3, -0.25) is 5.32 Å². The van der Waals surface area contributed by atoms with Gasteiger partial charge in [0, 0.05) is 0 Å². The Labute approximate surface area is 143 Å². The van der Waals surface area contributed by atoms with E-state index in [4.69, 9.17) is 4.74 Å². The van der Waals surface area contributed by atoms with Crippen LogP contribution in [0.3, 0.4) is 0 Å². The molecule has 0 aliphatic carbocycles. The molecule has 0 aliphatic heterocycles. The molecular formula is C18H17FN2O2S. The van der Waals surface area contributed by atoms with Crippen molar-refractivity contribution in [3.05, 3.63) is 47.7 Å². The molecule has 0 aliphatic rings. The standard InChI is InChI=1S/C18H17FN2O2S/c1-18(2,3)23-17(22)21-14-6-4-11(8-13(14)19)12-5-7-16-15(9-12)20-10-24-16/h4-10H,1-3H3,(H,21,22). The van der Waals surface area contributed by atoms with Crippen LogP contribution in [0.5, 0.6) is 0 Å². The zero-order valence-electron chi connectivity index (χ0n) is 13.6. The first-order valence-electron chi connectivity index (χ1n) is 7.45. The Morgan fingerprint density at radius 2 is 1.88 bits per heavy atom. The third kappa shape index (κ3) is 3.71. The Hall–Kier alpha value is -2.47. The second-order valence-corrected chi connectivity index (χ2v) is 7.24. The number of benzene rings is 2. The lowest BCUT2D eigenvalue weighted by molar-refractivity contribution is 0.0635. The van der Waals surface area contributed by atoms with Gasteiger partial charge in [0.05, 0.1) is 21.4 Å². The van der Waals surface area contributed by atoms with Crippen LogP contribution in [0.25, 0.3) is 21.3 Å². The number of thiazole rings is 1. The van der Waals surface area contributed by atoms with Crippen molar-refractivity contribution in [1.29, 1.82) is 0 Å². The fourth-order valence-corrected chi connectivity index (χ4v) is 2.91. The number of rotatable bonds is 2. The molecule has 1 aromatic heterocycles. The number of hydrogen-bond acceptors (Lipinski definition) is 4. The van der Waals surface area contributed by atoms with Gasteiger partial charge in [0.1, 0.15) is 11.4 Å². The summed E-state index contributed by atoms with van der Waals surface area (Å²) in [4.78, 5) is 16.0. The molecule has 1 amide bonds. The summed E-state index contributed by atoms with van der Waals surface area (Å²) in [5, 5.41) is 2.42. The number of aromatic nitrogens is 1. The summed E-state index contributed by atoms with van der Waals surface area (Å²) >= 11 is 1.56. The second kappa shape index (κ2) is 6.20. The Morgan fingerprint density at radius 3 is 2.58 bits per heavy atom. The molecule has 0 saturated heterocycles. The van der Waals surface area contributed by atoms with Crippen molar-refractivity contribution in [3.8, 4) is 11.1 Å². The van der Waals surface area contributed by atoms with E-state index in [1.54, 1.807) is 43.7 Å². The predicted molar refractivity (Wildman–Crippen MR) is 94.9 cm³/mol. The van der Waals surface area contributed by atoms with E-state index in [9.17, 15) is 9.18 Å². The highest BCUT2D eigenvalue weighted by molar-refractivity contribution is 7.16. The van der Waals surface area contributed by atoms with Crippen molar-refractivity contribution < 1.29 is 13.9 Å². The number of fused-ring (bicyclic) bond motifs is 1. The average molecular weight is 344 g/mol. The molecule has 0 unspecified atom stereocenters. The maximum atomic E-state index is 14.3. The van der Waals surface area contributed by atoms with Crippen molar-refractivity contribution >= 4 is 33.3 Å². The third-order valence-corrected chi connectivity index (χ3v) is 4.08. The monoisotopic (exact) mass is 344 g/mol. The van der Waals surface area contributed by atoms with Gasteiger partial charge in [-0.15, -0.1) is 11.3 Å². The SMILES string of the molecule is CC(C)(C)OC(=O)Nc1ccc(-c2ccc3scnc3c2)cc1F. The topological polar surface area (TPSA) is 51.2 Å². The first-order chi connectivity index (χ1) is 11.3. The summed E-state index contributed by atoms with van der Waals surface area (Å²) in [7, 11) is 0. The normalized spacial score (nSPS) is 11.5. The molecule has 1 N–H and O–H groups in total. The van der Waals surface area contributed by atoms with Crippen LogP contribution in [0.15, 0.2) is 41.9 Å². The van der Waals surface area contributed by atoms with Crippen LogP contribution in [0.2, 0.25) is 0 Å². The maximum Gasteiger partial charge on any atom is 0.412 e. The molecule has 2 aromatic carbocycles. The first-order valence-corrected chi connectivity index (χ1v) is 8.33. The molecule has 124 valence electrons. The van der Waals surface area contributed by atoms with Gasteiger partial charge in [0.25, 0.3) is 0 Å². The van der Waals surface area contributed by atoms with Gasteiger partial charge in [-0.05, 0) is 56.2 Å². The molecule has 6 heteroatoms. The van der Waals surface area contributed by atoms with E-state index < -0.39 is 17.5 Å². The van der Waals surface area contributed by atoms with Crippen LogP contribution in [0, 0.1) is 5.82 Å². The lowest BCUT2D eigenvalue weighted by Gasteiger charge is -2.19. The van der Waals surface area contributed by atoms with E-state index in [1.165, 1.54) is 12.1 Å². The number of ether oxygens (including phenoxy) is 1. The maximum absolute atomic E-state index is 14.3. The highest BCUT2D eigenvalue weighted by Gasteiger charge is 2.17. The molecule has 24 heavy (non-hydrogen) atoms. The van der Waals surface area contributed by atoms with E-state index in [2.05, 4.69) is 10.3 Å². The van der Waals surface area contributed by atoms with Crippen molar-refractivity contribution in [3.63, 3.8) is 0 Å². The van der Waals surface area contributed by atoms with Gasteiger partial charge in [-0.2, -0.15) is 0 Å². The summed E-state index contributed by atoms with van der Waals surface area (Å²) in [5.74, 6) is -0.517. The van der Waals surface area contributed by atoms with E-state index in [0.717, 1.165) is 21.3 Å². The summed E-state index contributed by atoms with van der Waals surface area (Å²) < 4.78 is 20.5. The zero-order valence-corrected chi connectivity index (χ0v) is 14.4. The quantitative estimate of drug-likeness (QED) is 0.672. The van der Waals surface area contributed by atoms with Crippen molar-refractivity contribution in [2.24, 2.45) is 0 Å². The molecule has 0 saturated carbocycles. The minimum absolute atomic E-state index is 0.0859. The van der Waals surface area contributed by atoms with E-state index in [0.29, 0.717) is 0 Å². The molecule has 0 radical (unpaired) electrons. The van der Waals surface area contributed by atoms with Crippen LogP contribution in [0.4, 0.5) is 14.9 Å². The van der Waals surface area contributed by atoms with Crippen LogP contribution in [-0.2, 0) is 4.74 Å². The summed E-state index contributed by atoms with van der Waals surface area (Å²) in [6, 6.07) is 10.5. The molecular weight excluding hydrogens is 327 g/mol. The molecule has 3 rings (SSSR count). The summed E-state index contributed by atoms with van der Waals surface area (Å²) in [6.07, 6.45) is -0.682. The third-order valence-electron chi connectivity index (χ3n) is 3.27. The summed E-state index contributed by atoms with van der Waals surface area (Å²) in [6.45, 7) is 5.25.